The molecule has 0 spiro atoms. The van der Waals surface area contributed by atoms with E-state index in [-0.39, 0.29) is 24.8 Å². The van der Waals surface area contributed by atoms with Crippen LogP contribution < -0.4 is 5.32 Å². The predicted octanol–water partition coefficient (Wildman–Crippen LogP) is 0.395. The van der Waals surface area contributed by atoms with Crippen molar-refractivity contribution in [2.45, 2.75) is 32.2 Å². The summed E-state index contributed by atoms with van der Waals surface area (Å²) >= 11 is 0. The van der Waals surface area contributed by atoms with Gasteiger partial charge in [-0.3, -0.25) is 9.59 Å². The number of carbonyl (C=O) groups excluding carboxylic acids is 2. The van der Waals surface area contributed by atoms with Gasteiger partial charge < -0.3 is 15.0 Å². The Bertz CT molecular complexity index is 300. The number of piperazine rings is 1. The monoisotopic (exact) mass is 264 g/mol. The van der Waals surface area contributed by atoms with E-state index in [1.165, 1.54) is 4.90 Å². The van der Waals surface area contributed by atoms with Crippen LogP contribution in [0.5, 0.6) is 0 Å². The minimum atomic E-state index is -2.52. The highest BCUT2D eigenvalue weighted by atomic mass is 19.3. The highest BCUT2D eigenvalue weighted by molar-refractivity contribution is 5.88. The lowest BCUT2D eigenvalue weighted by atomic mass is 10.1. The number of halogens is 2. The van der Waals surface area contributed by atoms with Gasteiger partial charge in [-0.15, -0.1) is 0 Å². The Labute approximate surface area is 104 Å². The van der Waals surface area contributed by atoms with E-state index in [0.29, 0.717) is 19.5 Å². The maximum absolute atomic E-state index is 11.8. The summed E-state index contributed by atoms with van der Waals surface area (Å²) in [4.78, 5) is 24.9. The van der Waals surface area contributed by atoms with E-state index < -0.39 is 19.1 Å². The molecule has 0 aromatic heterocycles. The molecule has 1 saturated heterocycles. The number of ether oxygens (including phenoxy) is 1. The molecule has 0 aromatic rings. The summed E-state index contributed by atoms with van der Waals surface area (Å²) in [7, 11) is 0. The first kappa shape index (κ1) is 14.8. The van der Waals surface area contributed by atoms with Gasteiger partial charge in [0.1, 0.15) is 12.6 Å². The van der Waals surface area contributed by atoms with Crippen molar-refractivity contribution in [3.8, 4) is 0 Å². The Morgan fingerprint density at radius 2 is 2.33 bits per heavy atom. The molecule has 1 rings (SSSR count). The van der Waals surface area contributed by atoms with Crippen molar-refractivity contribution in [2.75, 3.05) is 26.3 Å². The van der Waals surface area contributed by atoms with Crippen LogP contribution in [0.15, 0.2) is 0 Å². The zero-order valence-corrected chi connectivity index (χ0v) is 10.3. The molecule has 0 saturated carbocycles. The third kappa shape index (κ3) is 4.21. The Hall–Kier alpha value is -1.24. The minimum Gasteiger partial charge on any atom is -0.375 e. The predicted molar refractivity (Wildman–Crippen MR) is 60.2 cm³/mol. The minimum absolute atomic E-state index is 0.0243. The van der Waals surface area contributed by atoms with Gasteiger partial charge in [-0.05, 0) is 6.42 Å². The largest absolute Gasteiger partial charge is 0.375 e. The molecular weight excluding hydrogens is 246 g/mol. The average Bonchev–Trinajstić information content (AvgIpc) is 2.33. The number of alkyl halides is 2. The van der Waals surface area contributed by atoms with Gasteiger partial charge in [0.05, 0.1) is 13.0 Å². The molecule has 104 valence electrons. The van der Waals surface area contributed by atoms with Gasteiger partial charge in [0.25, 0.3) is 6.43 Å². The van der Waals surface area contributed by atoms with Gasteiger partial charge in [-0.1, -0.05) is 6.92 Å². The van der Waals surface area contributed by atoms with Crippen molar-refractivity contribution in [1.82, 2.24) is 10.2 Å². The van der Waals surface area contributed by atoms with E-state index in [9.17, 15) is 18.4 Å². The van der Waals surface area contributed by atoms with Crippen LogP contribution in [0.25, 0.3) is 0 Å². The normalized spacial score (nSPS) is 20.1. The lowest BCUT2D eigenvalue weighted by Gasteiger charge is -2.34. The summed E-state index contributed by atoms with van der Waals surface area (Å²) in [6.45, 7) is 2.00. The molecule has 0 radical (unpaired) electrons. The van der Waals surface area contributed by atoms with Gasteiger partial charge in [0.15, 0.2) is 0 Å². The summed E-state index contributed by atoms with van der Waals surface area (Å²) in [5.41, 5.74) is 0. The molecule has 5 nitrogen and oxygen atoms in total. The maximum Gasteiger partial charge on any atom is 0.261 e. The van der Waals surface area contributed by atoms with Gasteiger partial charge in [-0.25, -0.2) is 8.78 Å². The third-order valence-corrected chi connectivity index (χ3v) is 2.74. The Morgan fingerprint density at radius 3 is 2.94 bits per heavy atom. The van der Waals surface area contributed by atoms with Crippen molar-refractivity contribution >= 4 is 11.8 Å². The molecule has 18 heavy (non-hydrogen) atoms. The molecule has 1 N–H and O–H groups in total. The SMILES string of the molecule is CCC1C(=O)NCCN1C(=O)CCOCC(F)F. The van der Waals surface area contributed by atoms with Crippen LogP contribution in [-0.4, -0.2) is 55.5 Å². The van der Waals surface area contributed by atoms with E-state index >= 15 is 0 Å². The maximum atomic E-state index is 11.8. The number of hydrogen-bond acceptors (Lipinski definition) is 3. The van der Waals surface area contributed by atoms with Crippen LogP contribution in [-0.2, 0) is 14.3 Å². The van der Waals surface area contributed by atoms with E-state index in [0.717, 1.165) is 0 Å². The van der Waals surface area contributed by atoms with E-state index in [2.05, 4.69) is 10.1 Å². The van der Waals surface area contributed by atoms with Crippen molar-refractivity contribution in [3.63, 3.8) is 0 Å². The summed E-state index contributed by atoms with van der Waals surface area (Å²) in [6, 6.07) is -0.457. The third-order valence-electron chi connectivity index (χ3n) is 2.74. The number of nitrogens with zero attached hydrogens (tertiary/aromatic N) is 1. The summed E-state index contributed by atoms with van der Waals surface area (Å²) in [5, 5.41) is 2.69. The second-order valence-electron chi connectivity index (χ2n) is 4.02. The van der Waals surface area contributed by atoms with Crippen LogP contribution in [0.2, 0.25) is 0 Å². The number of carbonyl (C=O) groups is 2. The molecule has 7 heteroatoms. The summed E-state index contributed by atoms with van der Waals surface area (Å²) in [5.74, 6) is -0.392. The molecule has 1 atom stereocenters. The molecule has 1 heterocycles. The van der Waals surface area contributed by atoms with Gasteiger partial charge in [-0.2, -0.15) is 0 Å². The first-order valence-corrected chi connectivity index (χ1v) is 5.99. The fourth-order valence-corrected chi connectivity index (χ4v) is 1.89. The van der Waals surface area contributed by atoms with Gasteiger partial charge in [0, 0.05) is 13.1 Å². The quantitative estimate of drug-likeness (QED) is 0.706. The van der Waals surface area contributed by atoms with Crippen LogP contribution in [0.4, 0.5) is 8.78 Å². The van der Waals surface area contributed by atoms with Crippen LogP contribution in [0.3, 0.4) is 0 Å². The molecule has 0 aliphatic carbocycles. The molecular formula is C11H18F2N2O3. The smallest absolute Gasteiger partial charge is 0.261 e. The van der Waals surface area contributed by atoms with E-state index in [4.69, 9.17) is 0 Å². The lowest BCUT2D eigenvalue weighted by Crippen LogP contribution is -2.57. The molecule has 1 aliphatic heterocycles. The van der Waals surface area contributed by atoms with Gasteiger partial charge in [0.2, 0.25) is 11.8 Å². The zero-order valence-electron chi connectivity index (χ0n) is 10.3. The standard InChI is InChI=1S/C11H18F2N2O3/c1-2-8-11(17)14-4-5-15(8)10(16)3-6-18-7-9(12)13/h8-9H,2-7H2,1H3,(H,14,17). The van der Waals surface area contributed by atoms with E-state index in [1.54, 1.807) is 0 Å². The molecule has 2 amide bonds. The molecule has 0 bridgehead atoms. The van der Waals surface area contributed by atoms with Crippen LogP contribution in [0.1, 0.15) is 19.8 Å². The van der Waals surface area contributed by atoms with Gasteiger partial charge >= 0.3 is 0 Å². The number of amides is 2. The highest BCUT2D eigenvalue weighted by Crippen LogP contribution is 2.10. The second kappa shape index (κ2) is 7.25. The van der Waals surface area contributed by atoms with Crippen molar-refractivity contribution in [3.05, 3.63) is 0 Å². The summed E-state index contributed by atoms with van der Waals surface area (Å²) in [6.07, 6.45) is -1.96. The lowest BCUT2D eigenvalue weighted by molar-refractivity contribution is -0.144. The number of nitrogens with one attached hydrogen (secondary N) is 1. The Morgan fingerprint density at radius 1 is 1.61 bits per heavy atom. The zero-order chi connectivity index (χ0) is 13.5. The Kier molecular flexibility index (Phi) is 5.97. The highest BCUT2D eigenvalue weighted by Gasteiger charge is 2.30. The van der Waals surface area contributed by atoms with Crippen LogP contribution >= 0.6 is 0 Å². The van der Waals surface area contributed by atoms with Crippen molar-refractivity contribution in [2.24, 2.45) is 0 Å². The topological polar surface area (TPSA) is 58.6 Å². The van der Waals surface area contributed by atoms with E-state index in [1.807, 2.05) is 6.92 Å². The summed E-state index contributed by atoms with van der Waals surface area (Å²) < 4.78 is 28.3. The number of hydrogen-bond donors (Lipinski definition) is 1. The number of rotatable bonds is 6. The molecule has 1 aliphatic rings. The fourth-order valence-electron chi connectivity index (χ4n) is 1.89. The first-order chi connectivity index (χ1) is 8.56. The Balaban J connectivity index is 2.37. The molecule has 1 unspecified atom stereocenters. The second-order valence-corrected chi connectivity index (χ2v) is 4.02. The van der Waals surface area contributed by atoms with Crippen molar-refractivity contribution < 1.29 is 23.1 Å². The van der Waals surface area contributed by atoms with Crippen LogP contribution in [0, 0.1) is 0 Å². The molecule has 0 aromatic carbocycles. The fraction of sp³-hybridized carbons (Fsp3) is 0.818. The first-order valence-electron chi connectivity index (χ1n) is 5.99. The van der Waals surface area contributed by atoms with Crippen molar-refractivity contribution in [1.29, 1.82) is 0 Å². The molecule has 1 fully saturated rings. The average molecular weight is 264 g/mol.